The number of nitrogens with one attached hydrogen (secondary N) is 1. The Hall–Kier alpha value is -0.900. The molecule has 0 saturated heterocycles. The Labute approximate surface area is 118 Å². The molecule has 108 valence electrons. The third-order valence-electron chi connectivity index (χ3n) is 3.31. The molecule has 0 aliphatic heterocycles. The van der Waals surface area contributed by atoms with Crippen LogP contribution in [0.25, 0.3) is 0 Å². The minimum absolute atomic E-state index is 0.945. The first kappa shape index (κ1) is 16.2. The van der Waals surface area contributed by atoms with Gasteiger partial charge >= 0.3 is 0 Å². The van der Waals surface area contributed by atoms with Gasteiger partial charge < -0.3 is 10.2 Å². The SMILES string of the molecule is CCN(CCCN(C)C)Cc1cccc(CNC)c1. The Morgan fingerprint density at radius 3 is 2.47 bits per heavy atom. The highest BCUT2D eigenvalue weighted by molar-refractivity contribution is 5.23. The van der Waals surface area contributed by atoms with Gasteiger partial charge in [0.15, 0.2) is 0 Å². The summed E-state index contributed by atoms with van der Waals surface area (Å²) in [6, 6.07) is 8.89. The van der Waals surface area contributed by atoms with E-state index in [2.05, 4.69) is 60.4 Å². The molecule has 1 aromatic carbocycles. The Morgan fingerprint density at radius 1 is 1.11 bits per heavy atom. The average Bonchev–Trinajstić information content (AvgIpc) is 2.38. The molecule has 1 aromatic rings. The number of rotatable bonds is 9. The van der Waals surface area contributed by atoms with Crippen molar-refractivity contribution in [2.45, 2.75) is 26.4 Å². The highest BCUT2D eigenvalue weighted by Crippen LogP contribution is 2.09. The van der Waals surface area contributed by atoms with E-state index < -0.39 is 0 Å². The van der Waals surface area contributed by atoms with Gasteiger partial charge in [-0.05, 0) is 58.3 Å². The Morgan fingerprint density at radius 2 is 1.84 bits per heavy atom. The van der Waals surface area contributed by atoms with E-state index in [1.54, 1.807) is 0 Å². The number of hydrogen-bond donors (Lipinski definition) is 1. The molecule has 0 amide bonds. The van der Waals surface area contributed by atoms with Crippen molar-refractivity contribution in [3.8, 4) is 0 Å². The standard InChI is InChI=1S/C16H29N3/c1-5-19(11-7-10-18(3)4)14-16-9-6-8-15(12-16)13-17-2/h6,8-9,12,17H,5,7,10-11,13-14H2,1-4H3. The van der Waals surface area contributed by atoms with Gasteiger partial charge in [0, 0.05) is 13.1 Å². The van der Waals surface area contributed by atoms with Crippen LogP contribution in [0.3, 0.4) is 0 Å². The maximum Gasteiger partial charge on any atom is 0.0233 e. The van der Waals surface area contributed by atoms with Crippen LogP contribution in [0.1, 0.15) is 24.5 Å². The molecule has 19 heavy (non-hydrogen) atoms. The largest absolute Gasteiger partial charge is 0.316 e. The van der Waals surface area contributed by atoms with Crippen LogP contribution in [-0.2, 0) is 13.1 Å². The zero-order valence-electron chi connectivity index (χ0n) is 12.9. The second-order valence-corrected chi connectivity index (χ2v) is 5.38. The molecule has 0 aromatic heterocycles. The van der Waals surface area contributed by atoms with Crippen molar-refractivity contribution < 1.29 is 0 Å². The molecular formula is C16H29N3. The normalized spacial score (nSPS) is 11.5. The second-order valence-electron chi connectivity index (χ2n) is 5.38. The molecule has 3 heteroatoms. The molecule has 1 rings (SSSR count). The highest BCUT2D eigenvalue weighted by Gasteiger charge is 2.04. The summed E-state index contributed by atoms with van der Waals surface area (Å²) in [4.78, 5) is 4.77. The van der Waals surface area contributed by atoms with Gasteiger partial charge in [0.2, 0.25) is 0 Å². The zero-order valence-corrected chi connectivity index (χ0v) is 12.9. The fraction of sp³-hybridized carbons (Fsp3) is 0.625. The van der Waals surface area contributed by atoms with Crippen LogP contribution in [0, 0.1) is 0 Å². The summed E-state index contributed by atoms with van der Waals surface area (Å²) in [6.07, 6.45) is 1.23. The van der Waals surface area contributed by atoms with E-state index in [9.17, 15) is 0 Å². The van der Waals surface area contributed by atoms with Crippen LogP contribution in [0.15, 0.2) is 24.3 Å². The van der Waals surface area contributed by atoms with Gasteiger partial charge in [-0.2, -0.15) is 0 Å². The van der Waals surface area contributed by atoms with Crippen LogP contribution in [0.2, 0.25) is 0 Å². The van der Waals surface area contributed by atoms with Crippen molar-refractivity contribution in [1.29, 1.82) is 0 Å². The van der Waals surface area contributed by atoms with Gasteiger partial charge in [-0.1, -0.05) is 31.2 Å². The molecule has 3 nitrogen and oxygen atoms in total. The van der Waals surface area contributed by atoms with Crippen molar-refractivity contribution >= 4 is 0 Å². The smallest absolute Gasteiger partial charge is 0.0233 e. The van der Waals surface area contributed by atoms with Crippen LogP contribution >= 0.6 is 0 Å². The van der Waals surface area contributed by atoms with Gasteiger partial charge in [-0.3, -0.25) is 4.90 Å². The van der Waals surface area contributed by atoms with E-state index in [1.165, 1.54) is 24.1 Å². The van der Waals surface area contributed by atoms with Gasteiger partial charge in [0.05, 0.1) is 0 Å². The molecule has 0 unspecified atom stereocenters. The van der Waals surface area contributed by atoms with Gasteiger partial charge in [0.1, 0.15) is 0 Å². The Bertz CT molecular complexity index is 350. The van der Waals surface area contributed by atoms with Crippen LogP contribution in [0.5, 0.6) is 0 Å². The van der Waals surface area contributed by atoms with Crippen molar-refractivity contribution in [2.75, 3.05) is 40.8 Å². The first-order valence-corrected chi connectivity index (χ1v) is 7.25. The predicted octanol–water partition coefficient (Wildman–Crippen LogP) is 2.18. The van der Waals surface area contributed by atoms with Crippen LogP contribution in [0.4, 0.5) is 0 Å². The van der Waals surface area contributed by atoms with Crippen LogP contribution in [-0.4, -0.2) is 50.6 Å². The molecule has 0 saturated carbocycles. The second kappa shape index (κ2) is 9.08. The molecular weight excluding hydrogens is 234 g/mol. The topological polar surface area (TPSA) is 18.5 Å². The first-order chi connectivity index (χ1) is 9.15. The molecule has 0 fully saturated rings. The Balaban J connectivity index is 2.47. The molecule has 0 aliphatic rings. The van der Waals surface area contributed by atoms with Crippen molar-refractivity contribution in [1.82, 2.24) is 15.1 Å². The first-order valence-electron chi connectivity index (χ1n) is 7.25. The van der Waals surface area contributed by atoms with E-state index in [0.717, 1.165) is 26.2 Å². The van der Waals surface area contributed by atoms with E-state index in [-0.39, 0.29) is 0 Å². The third kappa shape index (κ3) is 6.71. The summed E-state index contributed by atoms with van der Waals surface area (Å²) < 4.78 is 0. The number of hydrogen-bond acceptors (Lipinski definition) is 3. The predicted molar refractivity (Wildman–Crippen MR) is 83.3 cm³/mol. The summed E-state index contributed by atoms with van der Waals surface area (Å²) >= 11 is 0. The van der Waals surface area contributed by atoms with Gasteiger partial charge in [-0.25, -0.2) is 0 Å². The molecule has 0 radical (unpaired) electrons. The average molecular weight is 263 g/mol. The molecule has 0 aliphatic carbocycles. The number of benzene rings is 1. The van der Waals surface area contributed by atoms with Crippen LogP contribution < -0.4 is 5.32 Å². The maximum absolute atomic E-state index is 3.21. The van der Waals surface area contributed by atoms with Gasteiger partial charge in [-0.15, -0.1) is 0 Å². The quantitative estimate of drug-likeness (QED) is 0.737. The molecule has 0 heterocycles. The van der Waals surface area contributed by atoms with Crippen molar-refractivity contribution in [2.24, 2.45) is 0 Å². The van der Waals surface area contributed by atoms with E-state index >= 15 is 0 Å². The molecule has 1 N–H and O–H groups in total. The molecule has 0 atom stereocenters. The van der Waals surface area contributed by atoms with E-state index in [4.69, 9.17) is 0 Å². The van der Waals surface area contributed by atoms with E-state index in [0.29, 0.717) is 0 Å². The number of nitrogens with zero attached hydrogens (tertiary/aromatic N) is 2. The van der Waals surface area contributed by atoms with E-state index in [1.807, 2.05) is 7.05 Å². The lowest BCUT2D eigenvalue weighted by Crippen LogP contribution is -2.27. The fourth-order valence-electron chi connectivity index (χ4n) is 2.26. The van der Waals surface area contributed by atoms with Crippen molar-refractivity contribution in [3.63, 3.8) is 0 Å². The fourth-order valence-corrected chi connectivity index (χ4v) is 2.26. The summed E-state index contributed by atoms with van der Waals surface area (Å²) in [5.74, 6) is 0. The minimum atomic E-state index is 0.945. The molecule has 0 spiro atoms. The summed E-state index contributed by atoms with van der Waals surface area (Å²) in [6.45, 7) is 7.69. The van der Waals surface area contributed by atoms with Crippen molar-refractivity contribution in [3.05, 3.63) is 35.4 Å². The summed E-state index contributed by atoms with van der Waals surface area (Å²) in [5.41, 5.74) is 2.78. The minimum Gasteiger partial charge on any atom is -0.316 e. The Kier molecular flexibility index (Phi) is 7.72. The third-order valence-corrected chi connectivity index (χ3v) is 3.31. The lowest BCUT2D eigenvalue weighted by Gasteiger charge is -2.21. The monoisotopic (exact) mass is 263 g/mol. The summed E-state index contributed by atoms with van der Waals surface area (Å²) in [5, 5.41) is 3.21. The maximum atomic E-state index is 3.21. The zero-order chi connectivity index (χ0) is 14.1. The van der Waals surface area contributed by atoms with Gasteiger partial charge in [0.25, 0.3) is 0 Å². The highest BCUT2D eigenvalue weighted by atomic mass is 15.1. The summed E-state index contributed by atoms with van der Waals surface area (Å²) in [7, 11) is 6.27. The lowest BCUT2D eigenvalue weighted by molar-refractivity contribution is 0.259. The molecule has 0 bridgehead atoms. The lowest BCUT2D eigenvalue weighted by atomic mass is 10.1.